The van der Waals surface area contributed by atoms with Crippen molar-refractivity contribution in [3.8, 4) is 11.5 Å². The van der Waals surface area contributed by atoms with Crippen LogP contribution in [0.2, 0.25) is 0 Å². The van der Waals surface area contributed by atoms with Gasteiger partial charge in [-0.1, -0.05) is 19.1 Å². The smallest absolute Gasteiger partial charge is 0.416 e. The van der Waals surface area contributed by atoms with Gasteiger partial charge < -0.3 is 14.2 Å². The predicted octanol–water partition coefficient (Wildman–Crippen LogP) is 4.61. The number of alkyl halides is 3. The third-order valence-electron chi connectivity index (χ3n) is 3.62. The highest BCUT2D eigenvalue weighted by molar-refractivity contribution is 5.74. The van der Waals surface area contributed by atoms with Crippen LogP contribution in [0.15, 0.2) is 48.5 Å². The van der Waals surface area contributed by atoms with Crippen LogP contribution in [0.5, 0.6) is 11.5 Å². The molecule has 0 saturated heterocycles. The molecule has 0 amide bonds. The van der Waals surface area contributed by atoms with Crippen molar-refractivity contribution in [1.82, 2.24) is 0 Å². The van der Waals surface area contributed by atoms with Gasteiger partial charge in [0.25, 0.3) is 0 Å². The molecule has 0 N–H and O–H groups in total. The van der Waals surface area contributed by atoms with Gasteiger partial charge in [-0.05, 0) is 48.4 Å². The lowest BCUT2D eigenvalue weighted by Gasteiger charge is -2.15. The summed E-state index contributed by atoms with van der Waals surface area (Å²) < 4.78 is 53.3. The number of halogens is 3. The SMILES string of the molecule is CCC(Oc1ccc(OCc2ccc(C(F)(F)F)cc2)cc1)C(=O)OC. The van der Waals surface area contributed by atoms with Crippen molar-refractivity contribution in [1.29, 1.82) is 0 Å². The van der Waals surface area contributed by atoms with Gasteiger partial charge in [0.2, 0.25) is 0 Å². The average molecular weight is 368 g/mol. The van der Waals surface area contributed by atoms with Crippen LogP contribution in [0.25, 0.3) is 0 Å². The summed E-state index contributed by atoms with van der Waals surface area (Å²) in [6, 6.07) is 11.4. The van der Waals surface area contributed by atoms with Gasteiger partial charge in [0.1, 0.15) is 18.1 Å². The maximum Gasteiger partial charge on any atom is 0.416 e. The molecule has 0 aliphatic heterocycles. The van der Waals surface area contributed by atoms with Gasteiger partial charge in [-0.15, -0.1) is 0 Å². The molecule has 0 radical (unpaired) electrons. The van der Waals surface area contributed by atoms with Gasteiger partial charge in [0, 0.05) is 0 Å². The Kier molecular flexibility index (Phi) is 6.49. The molecule has 0 saturated carbocycles. The van der Waals surface area contributed by atoms with E-state index in [1.54, 1.807) is 24.3 Å². The van der Waals surface area contributed by atoms with E-state index in [1.165, 1.54) is 19.2 Å². The molecule has 0 aliphatic carbocycles. The van der Waals surface area contributed by atoms with Crippen molar-refractivity contribution < 1.29 is 32.2 Å². The zero-order chi connectivity index (χ0) is 19.2. The van der Waals surface area contributed by atoms with Gasteiger partial charge >= 0.3 is 12.1 Å². The minimum Gasteiger partial charge on any atom is -0.489 e. The molecule has 0 aromatic heterocycles. The van der Waals surface area contributed by atoms with Crippen molar-refractivity contribution in [2.24, 2.45) is 0 Å². The Morgan fingerprint density at radius 3 is 2.08 bits per heavy atom. The second-order valence-corrected chi connectivity index (χ2v) is 5.49. The van der Waals surface area contributed by atoms with E-state index in [-0.39, 0.29) is 6.61 Å². The Morgan fingerprint density at radius 2 is 1.58 bits per heavy atom. The Bertz CT molecular complexity index is 709. The van der Waals surface area contributed by atoms with Gasteiger partial charge in [0.15, 0.2) is 6.10 Å². The molecule has 140 valence electrons. The molecule has 0 heterocycles. The minimum atomic E-state index is -4.35. The lowest BCUT2D eigenvalue weighted by Crippen LogP contribution is -2.27. The molecule has 0 bridgehead atoms. The maximum absolute atomic E-state index is 12.5. The highest BCUT2D eigenvalue weighted by atomic mass is 19.4. The molecule has 0 fully saturated rings. The molecule has 7 heteroatoms. The van der Waals surface area contributed by atoms with E-state index >= 15 is 0 Å². The highest BCUT2D eigenvalue weighted by Crippen LogP contribution is 2.29. The summed E-state index contributed by atoms with van der Waals surface area (Å²) in [5.41, 5.74) is -0.0751. The third-order valence-corrected chi connectivity index (χ3v) is 3.62. The zero-order valence-electron chi connectivity index (χ0n) is 14.4. The Labute approximate surface area is 149 Å². The largest absolute Gasteiger partial charge is 0.489 e. The normalized spacial score (nSPS) is 12.3. The minimum absolute atomic E-state index is 0.137. The standard InChI is InChI=1S/C19H19F3O4/c1-3-17(18(23)24-2)26-16-10-8-15(9-11-16)25-12-13-4-6-14(7-5-13)19(20,21)22/h4-11,17H,3,12H2,1-2H3. The quantitative estimate of drug-likeness (QED) is 0.669. The van der Waals surface area contributed by atoms with E-state index in [9.17, 15) is 18.0 Å². The van der Waals surface area contributed by atoms with Crippen LogP contribution in [-0.4, -0.2) is 19.2 Å². The van der Waals surface area contributed by atoms with Crippen LogP contribution in [0, 0.1) is 0 Å². The molecule has 2 rings (SSSR count). The van der Waals surface area contributed by atoms with Crippen molar-refractivity contribution >= 4 is 5.97 Å². The maximum atomic E-state index is 12.5. The van der Waals surface area contributed by atoms with Crippen LogP contribution >= 0.6 is 0 Å². The number of benzene rings is 2. The topological polar surface area (TPSA) is 44.8 Å². The Morgan fingerprint density at radius 1 is 1.00 bits per heavy atom. The molecule has 4 nitrogen and oxygen atoms in total. The fraction of sp³-hybridized carbons (Fsp3) is 0.316. The molecule has 1 unspecified atom stereocenters. The number of carbonyl (C=O) groups excluding carboxylic acids is 1. The summed E-state index contributed by atoms with van der Waals surface area (Å²) in [4.78, 5) is 11.5. The first kappa shape index (κ1) is 19.6. The van der Waals surface area contributed by atoms with Gasteiger partial charge in [0.05, 0.1) is 12.7 Å². The number of esters is 1. The van der Waals surface area contributed by atoms with Crippen molar-refractivity contribution in [2.75, 3.05) is 7.11 Å². The lowest BCUT2D eigenvalue weighted by molar-refractivity contribution is -0.149. The molecule has 0 aliphatic rings. The van der Waals surface area contributed by atoms with Crippen molar-refractivity contribution in [2.45, 2.75) is 32.2 Å². The Balaban J connectivity index is 1.92. The first-order valence-electron chi connectivity index (χ1n) is 7.97. The fourth-order valence-corrected chi connectivity index (χ4v) is 2.16. The number of methoxy groups -OCH3 is 1. The summed E-state index contributed by atoms with van der Waals surface area (Å²) in [6.45, 7) is 1.95. The lowest BCUT2D eigenvalue weighted by atomic mass is 10.1. The summed E-state index contributed by atoms with van der Waals surface area (Å²) >= 11 is 0. The molecule has 1 atom stereocenters. The predicted molar refractivity (Wildman–Crippen MR) is 88.9 cm³/mol. The summed E-state index contributed by atoms with van der Waals surface area (Å²) in [5.74, 6) is 0.572. The van der Waals surface area contributed by atoms with Crippen molar-refractivity contribution in [3.05, 3.63) is 59.7 Å². The first-order chi connectivity index (χ1) is 12.3. The van der Waals surface area contributed by atoms with Crippen LogP contribution < -0.4 is 9.47 Å². The second-order valence-electron chi connectivity index (χ2n) is 5.49. The van der Waals surface area contributed by atoms with Crippen molar-refractivity contribution in [3.63, 3.8) is 0 Å². The van der Waals surface area contributed by atoms with Crippen LogP contribution in [0.3, 0.4) is 0 Å². The highest BCUT2D eigenvalue weighted by Gasteiger charge is 2.29. The van der Waals surface area contributed by atoms with Gasteiger partial charge in [-0.3, -0.25) is 0 Å². The van der Waals surface area contributed by atoms with Gasteiger partial charge in [-0.2, -0.15) is 13.2 Å². The zero-order valence-corrected chi connectivity index (χ0v) is 14.4. The average Bonchev–Trinajstić information content (AvgIpc) is 2.64. The van der Waals surface area contributed by atoms with E-state index in [4.69, 9.17) is 9.47 Å². The molecule has 26 heavy (non-hydrogen) atoms. The van der Waals surface area contributed by atoms with Gasteiger partial charge in [-0.25, -0.2) is 4.79 Å². The number of hydrogen-bond donors (Lipinski definition) is 0. The van der Waals surface area contributed by atoms with E-state index < -0.39 is 23.8 Å². The summed E-state index contributed by atoms with van der Waals surface area (Å²) in [5, 5.41) is 0. The molecular formula is C19H19F3O4. The van der Waals surface area contributed by atoms with Crippen LogP contribution in [0.1, 0.15) is 24.5 Å². The van der Waals surface area contributed by atoms with Crippen LogP contribution in [0.4, 0.5) is 13.2 Å². The summed E-state index contributed by atoms with van der Waals surface area (Å²) in [6.07, 6.45) is -4.56. The number of rotatable bonds is 7. The van der Waals surface area contributed by atoms with E-state index in [1.807, 2.05) is 6.92 Å². The monoisotopic (exact) mass is 368 g/mol. The number of ether oxygens (including phenoxy) is 3. The van der Waals surface area contributed by atoms with E-state index in [0.29, 0.717) is 23.5 Å². The molecule has 2 aromatic rings. The number of carbonyl (C=O) groups is 1. The van der Waals surface area contributed by atoms with E-state index in [0.717, 1.165) is 12.1 Å². The van der Waals surface area contributed by atoms with E-state index in [2.05, 4.69) is 4.74 Å². The molecule has 2 aromatic carbocycles. The van der Waals surface area contributed by atoms with Crippen LogP contribution in [-0.2, 0) is 22.3 Å². The third kappa shape index (κ3) is 5.40. The fourth-order valence-electron chi connectivity index (χ4n) is 2.16. The molecular weight excluding hydrogens is 349 g/mol. The number of hydrogen-bond acceptors (Lipinski definition) is 4. The Hall–Kier alpha value is -2.70. The first-order valence-corrected chi connectivity index (χ1v) is 7.97. The molecule has 0 spiro atoms. The second kappa shape index (κ2) is 8.60. The summed E-state index contributed by atoms with van der Waals surface area (Å²) in [7, 11) is 1.30.